The Morgan fingerprint density at radius 1 is 1.04 bits per heavy atom. The first-order chi connectivity index (χ1) is 12.0. The lowest BCUT2D eigenvalue weighted by Gasteiger charge is -2.06. The Morgan fingerprint density at radius 2 is 1.76 bits per heavy atom. The maximum atomic E-state index is 12.3. The average molecular weight is 373 g/mol. The van der Waals surface area contributed by atoms with Crippen molar-refractivity contribution in [2.75, 3.05) is 6.54 Å². The molecule has 1 N–H and O–H groups in total. The number of thiazole rings is 1. The van der Waals surface area contributed by atoms with Crippen molar-refractivity contribution in [2.45, 2.75) is 24.7 Å². The number of hydrogen-bond donors (Lipinski definition) is 1. The van der Waals surface area contributed by atoms with Crippen LogP contribution in [-0.2, 0) is 22.9 Å². The second kappa shape index (κ2) is 7.91. The van der Waals surface area contributed by atoms with E-state index in [-0.39, 0.29) is 0 Å². The van der Waals surface area contributed by atoms with Gasteiger partial charge in [-0.1, -0.05) is 48.0 Å². The van der Waals surface area contributed by atoms with Crippen molar-refractivity contribution >= 4 is 21.4 Å². The van der Waals surface area contributed by atoms with Crippen LogP contribution in [0.25, 0.3) is 0 Å². The molecule has 0 atom stereocenters. The van der Waals surface area contributed by atoms with E-state index in [4.69, 9.17) is 0 Å². The standard InChI is InChI=1S/C19H20N2O2S2/c1-15-7-9-18(10-8-15)25(22,23)21-12-11-19-20-14-17(24-19)13-16-5-3-2-4-6-16/h2-10,14,21H,11-13H2,1H3. The molecule has 1 aromatic heterocycles. The molecule has 0 bridgehead atoms. The molecule has 0 amide bonds. The van der Waals surface area contributed by atoms with E-state index in [1.54, 1.807) is 35.6 Å². The Kier molecular flexibility index (Phi) is 5.63. The van der Waals surface area contributed by atoms with Crippen LogP contribution < -0.4 is 4.72 Å². The van der Waals surface area contributed by atoms with Crippen molar-refractivity contribution in [1.82, 2.24) is 9.71 Å². The van der Waals surface area contributed by atoms with Crippen LogP contribution in [0, 0.1) is 6.92 Å². The molecule has 0 aliphatic carbocycles. The Hall–Kier alpha value is -2.02. The van der Waals surface area contributed by atoms with Gasteiger partial charge in [0.1, 0.15) is 0 Å². The number of aryl methyl sites for hydroxylation is 1. The molecule has 3 aromatic rings. The SMILES string of the molecule is Cc1ccc(S(=O)(=O)NCCc2ncc(Cc3ccccc3)s2)cc1. The summed E-state index contributed by atoms with van der Waals surface area (Å²) < 4.78 is 27.1. The molecule has 0 saturated carbocycles. The van der Waals surface area contributed by atoms with Gasteiger partial charge in [0.2, 0.25) is 10.0 Å². The maximum absolute atomic E-state index is 12.3. The van der Waals surface area contributed by atoms with Crippen LogP contribution in [0.15, 0.2) is 65.7 Å². The van der Waals surface area contributed by atoms with Crippen molar-refractivity contribution in [2.24, 2.45) is 0 Å². The second-order valence-corrected chi connectivity index (χ2v) is 8.81. The first-order valence-electron chi connectivity index (χ1n) is 8.07. The van der Waals surface area contributed by atoms with Gasteiger partial charge in [-0.15, -0.1) is 11.3 Å². The zero-order valence-corrected chi connectivity index (χ0v) is 15.6. The van der Waals surface area contributed by atoms with Gasteiger partial charge in [0.05, 0.1) is 9.90 Å². The molecule has 0 saturated heterocycles. The molecular formula is C19H20N2O2S2. The van der Waals surface area contributed by atoms with E-state index < -0.39 is 10.0 Å². The summed E-state index contributed by atoms with van der Waals surface area (Å²) in [5.41, 5.74) is 2.28. The van der Waals surface area contributed by atoms with Crippen LogP contribution in [0.1, 0.15) is 21.0 Å². The summed E-state index contributed by atoms with van der Waals surface area (Å²) in [6.07, 6.45) is 3.32. The summed E-state index contributed by atoms with van der Waals surface area (Å²) in [7, 11) is -3.46. The summed E-state index contributed by atoms with van der Waals surface area (Å²) in [5, 5.41) is 0.942. The van der Waals surface area contributed by atoms with E-state index in [2.05, 4.69) is 21.8 Å². The molecule has 2 aromatic carbocycles. The van der Waals surface area contributed by atoms with Gasteiger partial charge >= 0.3 is 0 Å². The highest BCUT2D eigenvalue weighted by Gasteiger charge is 2.13. The number of rotatable bonds is 7. The lowest BCUT2D eigenvalue weighted by Crippen LogP contribution is -2.25. The molecule has 4 nitrogen and oxygen atoms in total. The number of benzene rings is 2. The first-order valence-corrected chi connectivity index (χ1v) is 10.4. The van der Waals surface area contributed by atoms with E-state index >= 15 is 0 Å². The van der Waals surface area contributed by atoms with E-state index in [0.717, 1.165) is 17.0 Å². The number of nitrogens with one attached hydrogen (secondary N) is 1. The molecule has 130 valence electrons. The van der Waals surface area contributed by atoms with E-state index in [0.29, 0.717) is 17.9 Å². The molecule has 3 rings (SSSR count). The molecule has 0 unspecified atom stereocenters. The quantitative estimate of drug-likeness (QED) is 0.690. The fraction of sp³-hybridized carbons (Fsp3) is 0.211. The Balaban J connectivity index is 1.55. The molecule has 25 heavy (non-hydrogen) atoms. The van der Waals surface area contributed by atoms with Crippen LogP contribution in [-0.4, -0.2) is 19.9 Å². The van der Waals surface area contributed by atoms with Crippen molar-refractivity contribution in [1.29, 1.82) is 0 Å². The minimum atomic E-state index is -3.46. The lowest BCUT2D eigenvalue weighted by molar-refractivity contribution is 0.581. The largest absolute Gasteiger partial charge is 0.249 e. The Bertz CT molecular complexity index is 918. The summed E-state index contributed by atoms with van der Waals surface area (Å²) >= 11 is 1.63. The third kappa shape index (κ3) is 4.98. The van der Waals surface area contributed by atoms with Crippen molar-refractivity contribution in [3.63, 3.8) is 0 Å². The van der Waals surface area contributed by atoms with Crippen LogP contribution >= 0.6 is 11.3 Å². The fourth-order valence-corrected chi connectivity index (χ4v) is 4.42. The lowest BCUT2D eigenvalue weighted by atomic mass is 10.1. The summed E-state index contributed by atoms with van der Waals surface area (Å²) in [6, 6.07) is 17.1. The average Bonchev–Trinajstić information content (AvgIpc) is 3.03. The highest BCUT2D eigenvalue weighted by atomic mass is 32.2. The molecular weight excluding hydrogens is 352 g/mol. The third-order valence-corrected chi connectivity index (χ3v) is 6.32. The molecule has 0 fully saturated rings. The van der Waals surface area contributed by atoms with Crippen LogP contribution in [0.2, 0.25) is 0 Å². The summed E-state index contributed by atoms with van der Waals surface area (Å²) in [6.45, 7) is 2.27. The van der Waals surface area contributed by atoms with Gasteiger partial charge < -0.3 is 0 Å². The predicted octanol–water partition coefficient (Wildman–Crippen LogP) is 3.56. The number of nitrogens with zero attached hydrogens (tertiary/aromatic N) is 1. The monoisotopic (exact) mass is 372 g/mol. The van der Waals surface area contributed by atoms with Gasteiger partial charge in [-0.25, -0.2) is 18.1 Å². The Morgan fingerprint density at radius 3 is 2.48 bits per heavy atom. The number of sulfonamides is 1. The van der Waals surface area contributed by atoms with E-state index in [9.17, 15) is 8.42 Å². The fourth-order valence-electron chi connectivity index (χ4n) is 2.44. The molecule has 0 aliphatic heterocycles. The molecule has 0 radical (unpaired) electrons. The van der Waals surface area contributed by atoms with Gasteiger partial charge in [-0.2, -0.15) is 0 Å². The van der Waals surface area contributed by atoms with Crippen molar-refractivity contribution < 1.29 is 8.42 Å². The second-order valence-electron chi connectivity index (χ2n) is 5.84. The van der Waals surface area contributed by atoms with Crippen LogP contribution in [0.5, 0.6) is 0 Å². The zero-order valence-electron chi connectivity index (χ0n) is 14.0. The van der Waals surface area contributed by atoms with Crippen molar-refractivity contribution in [3.8, 4) is 0 Å². The maximum Gasteiger partial charge on any atom is 0.240 e. The van der Waals surface area contributed by atoms with Gasteiger partial charge in [-0.05, 0) is 24.6 Å². The van der Waals surface area contributed by atoms with Gasteiger partial charge in [0.25, 0.3) is 0 Å². The third-order valence-electron chi connectivity index (χ3n) is 3.78. The summed E-state index contributed by atoms with van der Waals surface area (Å²) in [4.78, 5) is 5.88. The smallest absolute Gasteiger partial charge is 0.240 e. The van der Waals surface area contributed by atoms with Crippen molar-refractivity contribution in [3.05, 3.63) is 81.8 Å². The van der Waals surface area contributed by atoms with Crippen LogP contribution in [0.3, 0.4) is 0 Å². The molecule has 6 heteroatoms. The predicted molar refractivity (Wildman–Crippen MR) is 101 cm³/mol. The summed E-state index contributed by atoms with van der Waals surface area (Å²) in [5.74, 6) is 0. The minimum Gasteiger partial charge on any atom is -0.249 e. The zero-order chi connectivity index (χ0) is 17.7. The van der Waals surface area contributed by atoms with E-state index in [1.165, 1.54) is 10.4 Å². The van der Waals surface area contributed by atoms with Crippen LogP contribution in [0.4, 0.5) is 0 Å². The number of aromatic nitrogens is 1. The molecule has 1 heterocycles. The highest BCUT2D eigenvalue weighted by Crippen LogP contribution is 2.18. The van der Waals surface area contributed by atoms with E-state index in [1.807, 2.05) is 31.3 Å². The van der Waals surface area contributed by atoms with Gasteiger partial charge in [0, 0.05) is 30.5 Å². The number of hydrogen-bond acceptors (Lipinski definition) is 4. The van der Waals surface area contributed by atoms with Gasteiger partial charge in [0.15, 0.2) is 0 Å². The topological polar surface area (TPSA) is 59.1 Å². The molecule has 0 aliphatic rings. The Labute approximate surface area is 152 Å². The van der Waals surface area contributed by atoms with Gasteiger partial charge in [-0.3, -0.25) is 0 Å². The highest BCUT2D eigenvalue weighted by molar-refractivity contribution is 7.89. The molecule has 0 spiro atoms. The first kappa shape index (κ1) is 17.8. The normalized spacial score (nSPS) is 11.6. The minimum absolute atomic E-state index is 0.294.